The van der Waals surface area contributed by atoms with Crippen molar-refractivity contribution >= 4 is 16.4 Å². The largest absolute Gasteiger partial charge is 0.726 e. The Labute approximate surface area is 147 Å². The van der Waals surface area contributed by atoms with Gasteiger partial charge in [0, 0.05) is 5.41 Å². The molecule has 0 amide bonds. The second-order valence-corrected chi connectivity index (χ2v) is 6.65. The summed E-state index contributed by atoms with van der Waals surface area (Å²) in [5.74, 6) is 1.79. The van der Waals surface area contributed by atoms with Gasteiger partial charge in [0.05, 0.1) is 20.8 Å². The molecule has 0 unspecified atom stereocenters. The first-order valence-electron chi connectivity index (χ1n) is 7.64. The van der Waals surface area contributed by atoms with Crippen molar-refractivity contribution in [3.63, 3.8) is 0 Å². The van der Waals surface area contributed by atoms with Gasteiger partial charge in [-0.25, -0.2) is 8.42 Å². The van der Waals surface area contributed by atoms with Crippen molar-refractivity contribution in [3.8, 4) is 11.5 Å². The Hall–Kier alpha value is -2.04. The Morgan fingerprint density at radius 2 is 1.76 bits per heavy atom. The van der Waals surface area contributed by atoms with Crippen LogP contribution in [-0.2, 0) is 15.8 Å². The molecule has 1 aromatic carbocycles. The molecule has 0 bridgehead atoms. The van der Waals surface area contributed by atoms with E-state index < -0.39 is 10.4 Å². The van der Waals surface area contributed by atoms with Crippen LogP contribution in [0.2, 0.25) is 0 Å². The van der Waals surface area contributed by atoms with Crippen LogP contribution >= 0.6 is 0 Å². The molecule has 0 atom stereocenters. The van der Waals surface area contributed by atoms with Crippen molar-refractivity contribution in [1.82, 2.24) is 0 Å². The van der Waals surface area contributed by atoms with Crippen molar-refractivity contribution in [3.05, 3.63) is 23.8 Å². The molecule has 1 fully saturated rings. The number of ether oxygens (including phenoxy) is 2. The minimum absolute atomic E-state index is 0.0730. The second-order valence-electron chi connectivity index (χ2n) is 5.79. The Morgan fingerprint density at radius 3 is 2.20 bits per heavy atom. The van der Waals surface area contributed by atoms with E-state index in [-0.39, 0.29) is 11.4 Å². The van der Waals surface area contributed by atoms with E-state index in [1.54, 1.807) is 14.2 Å². The number of methoxy groups -OCH3 is 2. The third-order valence-corrected chi connectivity index (χ3v) is 4.19. The van der Waals surface area contributed by atoms with Gasteiger partial charge in [0.25, 0.3) is 0 Å². The normalized spacial score (nSPS) is 15.7. The summed E-state index contributed by atoms with van der Waals surface area (Å²) in [5.41, 5.74) is 12.4. The molecular weight excluding hydrogens is 350 g/mol. The molecule has 0 heterocycles. The Bertz CT molecular complexity index is 687. The third-order valence-electron chi connectivity index (χ3n) is 4.19. The molecule has 25 heavy (non-hydrogen) atoms. The minimum atomic E-state index is -4.92. The molecule has 0 aliphatic heterocycles. The molecule has 0 aromatic heterocycles. The van der Waals surface area contributed by atoms with E-state index in [2.05, 4.69) is 17.1 Å². The molecule has 1 aliphatic rings. The van der Waals surface area contributed by atoms with Crippen molar-refractivity contribution in [2.45, 2.75) is 31.1 Å². The van der Waals surface area contributed by atoms with Gasteiger partial charge >= 0.3 is 5.96 Å². The smallest absolute Gasteiger partial charge is 0.338 e. The van der Waals surface area contributed by atoms with Crippen LogP contribution in [-0.4, -0.2) is 44.2 Å². The van der Waals surface area contributed by atoms with Gasteiger partial charge in [-0.2, -0.15) is 0 Å². The summed E-state index contributed by atoms with van der Waals surface area (Å²) < 4.78 is 43.5. The van der Waals surface area contributed by atoms with Crippen LogP contribution in [0.25, 0.3) is 0 Å². The van der Waals surface area contributed by atoms with Gasteiger partial charge in [0.1, 0.15) is 0 Å². The monoisotopic (exact) mass is 375 g/mol. The highest BCUT2D eigenvalue weighted by Gasteiger charge is 2.36. The number of hydrogen-bond donors (Lipinski definition) is 4. The first-order valence-corrected chi connectivity index (χ1v) is 9.00. The number of benzene rings is 1. The fourth-order valence-electron chi connectivity index (χ4n) is 3.06. The quantitative estimate of drug-likeness (QED) is 0.217. The summed E-state index contributed by atoms with van der Waals surface area (Å²) >= 11 is 0. The highest BCUT2D eigenvalue weighted by molar-refractivity contribution is 7.79. The van der Waals surface area contributed by atoms with Gasteiger partial charge in [-0.3, -0.25) is 21.0 Å². The molecule has 1 saturated carbocycles. The van der Waals surface area contributed by atoms with E-state index >= 15 is 0 Å². The molecule has 2 rings (SSSR count). The van der Waals surface area contributed by atoms with Crippen LogP contribution < -0.4 is 25.9 Å². The lowest BCUT2D eigenvalue weighted by Gasteiger charge is -2.27. The van der Waals surface area contributed by atoms with Gasteiger partial charge < -0.3 is 14.0 Å². The maximum absolute atomic E-state index is 8.63. The van der Waals surface area contributed by atoms with Gasteiger partial charge in [-0.05, 0) is 30.5 Å². The van der Waals surface area contributed by atoms with Crippen molar-refractivity contribution in [1.29, 1.82) is 0 Å². The highest BCUT2D eigenvalue weighted by Crippen LogP contribution is 2.42. The molecule has 0 spiro atoms. The number of nitrogens with two attached hydrogens (primary N) is 2. The van der Waals surface area contributed by atoms with Crippen LogP contribution in [0.3, 0.4) is 0 Å². The summed E-state index contributed by atoms with van der Waals surface area (Å²) in [6.45, 7) is 0.755. The number of guanidine groups is 1. The Balaban J connectivity index is 0.000000550. The molecule has 0 radical (unpaired) electrons. The molecule has 6 N–H and O–H groups in total. The lowest BCUT2D eigenvalue weighted by molar-refractivity contribution is -0.471. The van der Waals surface area contributed by atoms with Crippen molar-refractivity contribution < 1.29 is 32.0 Å². The van der Waals surface area contributed by atoms with Gasteiger partial charge in [0.2, 0.25) is 10.4 Å². The van der Waals surface area contributed by atoms with E-state index in [9.17, 15) is 0 Å². The Kier molecular flexibility index (Phi) is 7.46. The number of rotatable bonds is 5. The van der Waals surface area contributed by atoms with Gasteiger partial charge in [0.15, 0.2) is 11.5 Å². The second kappa shape index (κ2) is 8.88. The maximum atomic E-state index is 8.63. The zero-order chi connectivity index (χ0) is 19.1. The average molecular weight is 375 g/mol. The standard InChI is InChI=1S/C15H23N3O2.H2O4S/c1-19-12-6-5-11(9-13(12)20-2)15(7-3-4-8-15)10-18-14(16)17;1-5(2,3)4/h5-6,9H,3-4,7-8,10H2,1-2H3,(H4,16,17,18);(H2,1,2,3,4). The summed E-state index contributed by atoms with van der Waals surface area (Å²) in [7, 11) is -1.61. The lowest BCUT2D eigenvalue weighted by atomic mass is 9.79. The molecule has 1 aliphatic carbocycles. The molecule has 0 saturated heterocycles. The van der Waals surface area contributed by atoms with Crippen molar-refractivity contribution in [2.24, 2.45) is 11.5 Å². The highest BCUT2D eigenvalue weighted by atomic mass is 32.3. The van der Waals surface area contributed by atoms with E-state index in [1.165, 1.54) is 18.4 Å². The van der Waals surface area contributed by atoms with Crippen LogP contribution in [0.15, 0.2) is 18.2 Å². The molecule has 10 heteroatoms. The maximum Gasteiger partial charge on any atom is 0.338 e. The van der Waals surface area contributed by atoms with E-state index in [0.29, 0.717) is 0 Å². The van der Waals surface area contributed by atoms with Gasteiger partial charge in [-0.15, -0.1) is 0 Å². The topological polar surface area (TPSA) is 162 Å². The fraction of sp³-hybridized carbons (Fsp3) is 0.533. The van der Waals surface area contributed by atoms with Gasteiger partial charge in [-0.1, -0.05) is 18.9 Å². The van der Waals surface area contributed by atoms with E-state index in [1.807, 2.05) is 6.07 Å². The minimum Gasteiger partial charge on any atom is -0.726 e. The zero-order valence-corrected chi connectivity index (χ0v) is 15.1. The predicted molar refractivity (Wildman–Crippen MR) is 91.2 cm³/mol. The summed E-state index contributed by atoms with van der Waals surface area (Å²) in [6.07, 6.45) is 4.70. The van der Waals surface area contributed by atoms with Crippen LogP contribution in [0, 0.1) is 0 Å². The molecule has 1 aromatic rings. The molecule has 142 valence electrons. The van der Waals surface area contributed by atoms with E-state index in [4.69, 9.17) is 38.5 Å². The SMILES string of the molecule is COc1ccc(C2(C[NH+]=C(N)N)CCCC2)cc1OC.O=S(=O)([O-])O. The predicted octanol–water partition coefficient (Wildman–Crippen LogP) is -1.13. The van der Waals surface area contributed by atoms with Crippen LogP contribution in [0.1, 0.15) is 31.2 Å². The summed E-state index contributed by atoms with van der Waals surface area (Å²) in [6, 6.07) is 6.14. The van der Waals surface area contributed by atoms with Crippen LogP contribution in [0.5, 0.6) is 11.5 Å². The molecule has 9 nitrogen and oxygen atoms in total. The fourth-order valence-corrected chi connectivity index (χ4v) is 3.06. The summed E-state index contributed by atoms with van der Waals surface area (Å²) in [4.78, 5) is 3.09. The lowest BCUT2D eigenvalue weighted by Crippen LogP contribution is -2.81. The Morgan fingerprint density at radius 1 is 1.24 bits per heavy atom. The average Bonchev–Trinajstić information content (AvgIpc) is 3.01. The van der Waals surface area contributed by atoms with Crippen molar-refractivity contribution in [2.75, 3.05) is 20.8 Å². The van der Waals surface area contributed by atoms with E-state index in [0.717, 1.165) is 30.9 Å². The van der Waals surface area contributed by atoms with Crippen LogP contribution in [0.4, 0.5) is 0 Å². The first-order chi connectivity index (χ1) is 11.6. The number of nitrogens with one attached hydrogen (secondary N) is 1. The zero-order valence-electron chi connectivity index (χ0n) is 14.3. The molecular formula is C15H25N3O6S. The number of hydrogen-bond acceptors (Lipinski definition) is 5. The summed E-state index contributed by atoms with van der Waals surface area (Å²) in [5, 5.41) is 0. The first kappa shape index (κ1) is 21.0. The third kappa shape index (κ3) is 6.77.